The maximum Gasteiger partial charge on any atom is 0.416 e. The van der Waals surface area contributed by atoms with E-state index in [0.29, 0.717) is 97.6 Å². The predicted molar refractivity (Wildman–Crippen MR) is 450 cm³/mol. The van der Waals surface area contributed by atoms with Gasteiger partial charge in [0, 0.05) is 66.8 Å². The van der Waals surface area contributed by atoms with Gasteiger partial charge in [0.05, 0.1) is 38.9 Å². The van der Waals surface area contributed by atoms with Gasteiger partial charge in [-0.15, -0.1) is 0 Å². The molecule has 2 aliphatic carbocycles. The number of hydrogen-bond donors (Lipinski definition) is 0. The van der Waals surface area contributed by atoms with E-state index in [1.807, 2.05) is 0 Å². The Bertz CT molecular complexity index is 6930. The normalized spacial score (nSPS) is 14.0. The number of alkyl halides is 24. The van der Waals surface area contributed by atoms with E-state index in [1.165, 1.54) is 153 Å². The van der Waals surface area contributed by atoms with Crippen molar-refractivity contribution in [3.8, 4) is 47.4 Å². The monoisotopic (exact) mass is 1800 g/mol. The smallest absolute Gasteiger partial charge is 0.289 e. The Morgan fingerprint density at radius 3 is 0.695 bits per heavy atom. The van der Waals surface area contributed by atoms with Crippen LogP contribution in [0.25, 0.3) is 44.6 Å². The van der Waals surface area contributed by atoms with Crippen LogP contribution in [0.3, 0.4) is 0 Å². The third-order valence-electron chi connectivity index (χ3n) is 21.8. The number of ketones is 1. The number of hydrogen-bond acceptors (Lipinski definition) is 1. The largest absolute Gasteiger partial charge is 0.416 e. The molecule has 1 nitrogen and oxygen atoms in total. The second kappa shape index (κ2) is 34.9. The molecule has 0 fully saturated rings. The van der Waals surface area contributed by atoms with Crippen LogP contribution in [0.2, 0.25) is 0 Å². The summed E-state index contributed by atoms with van der Waals surface area (Å²) in [6.45, 7) is 1.49. The second-order valence-corrected chi connectivity index (χ2v) is 30.5. The highest BCUT2D eigenvalue weighted by molar-refractivity contribution is 6.59. The first-order valence-electron chi connectivity index (χ1n) is 39.3. The highest BCUT2D eigenvalue weighted by Crippen LogP contribution is 2.57. The van der Waals surface area contributed by atoms with Crippen molar-refractivity contribution in [2.75, 3.05) is 0 Å². The molecule has 0 radical (unpaired) electrons. The van der Waals surface area contributed by atoms with Crippen LogP contribution in [0.5, 0.6) is 0 Å². The summed E-state index contributed by atoms with van der Waals surface area (Å²) >= 11 is 0. The van der Waals surface area contributed by atoms with Gasteiger partial charge in [0.15, 0.2) is 5.78 Å². The molecule has 0 aliphatic heterocycles. The fourth-order valence-corrected chi connectivity index (χ4v) is 15.8. The van der Waals surface area contributed by atoms with Crippen molar-refractivity contribution < 1.29 is 110 Å². The molecule has 0 amide bonds. The summed E-state index contributed by atoms with van der Waals surface area (Å²) in [6.07, 6.45) is -41.0. The Morgan fingerprint density at radius 2 is 0.412 bits per heavy atom. The van der Waals surface area contributed by atoms with Gasteiger partial charge < -0.3 is 0 Å². The molecule has 0 spiro atoms. The van der Waals surface area contributed by atoms with Crippen LogP contribution >= 0.6 is 0 Å². The van der Waals surface area contributed by atoms with E-state index in [0.717, 1.165) is 12.1 Å². The summed E-state index contributed by atoms with van der Waals surface area (Å²) in [5.74, 6) is 19.9. The molecule has 0 bridgehead atoms. The van der Waals surface area contributed by atoms with Crippen molar-refractivity contribution in [1.82, 2.24) is 0 Å². The quantitative estimate of drug-likeness (QED) is 0.0717. The Morgan fingerprint density at radius 1 is 0.198 bits per heavy atom. The maximum absolute atomic E-state index is 17.6. The van der Waals surface area contributed by atoms with Crippen molar-refractivity contribution in [1.29, 1.82) is 0 Å². The van der Waals surface area contributed by atoms with Crippen molar-refractivity contribution in [2.24, 2.45) is 0 Å². The number of rotatable bonds is 11. The summed E-state index contributed by atoms with van der Waals surface area (Å²) < 4.78 is 346. The van der Waals surface area contributed by atoms with Crippen LogP contribution < -0.4 is 0 Å². The Kier molecular flexibility index (Phi) is 24.2. The zero-order valence-corrected chi connectivity index (χ0v) is 67.1. The second-order valence-electron chi connectivity index (χ2n) is 30.5. The van der Waals surface area contributed by atoms with E-state index in [-0.39, 0.29) is 103 Å². The molecule has 0 heterocycles. The lowest BCUT2D eigenvalue weighted by atomic mass is 9.68. The zero-order chi connectivity index (χ0) is 93.7. The summed E-state index contributed by atoms with van der Waals surface area (Å²) in [6, 6.07) is 64.4. The van der Waals surface area contributed by atoms with Crippen LogP contribution in [-0.4, -0.2) is 12.0 Å². The number of Topliss-reactive ketones (excluding diaryl/α,β-unsaturated/α-hetero) is 1. The van der Waals surface area contributed by atoms with Crippen LogP contribution in [0.15, 0.2) is 309 Å². The topological polar surface area (TPSA) is 17.1 Å². The first kappa shape index (κ1) is 90.8. The first-order chi connectivity index (χ1) is 61.8. The van der Waals surface area contributed by atoms with Crippen molar-refractivity contribution in [3.05, 3.63) is 460 Å². The van der Waals surface area contributed by atoms with E-state index < -0.39 is 116 Å². The highest BCUT2D eigenvalue weighted by Gasteiger charge is 2.59. The molecule has 0 saturated carbocycles. The van der Waals surface area contributed by atoms with Gasteiger partial charge in [-0.1, -0.05) is 235 Å². The molecule has 2 aliphatic rings. The molecule has 15 rings (SSSR count). The maximum atomic E-state index is 17.6. The van der Waals surface area contributed by atoms with Gasteiger partial charge in [-0.25, -0.2) is 0 Å². The van der Waals surface area contributed by atoms with Gasteiger partial charge >= 0.3 is 49.4 Å². The number of carbonyl (C=O) groups excluding carboxylic acids is 1. The Labute approximate surface area is 732 Å². The number of allylic oxidation sites excluding steroid dienone is 8. The summed E-state index contributed by atoms with van der Waals surface area (Å²) in [5.41, 5.74) is -10.5. The number of carbonyl (C=O) groups is 1. The minimum atomic E-state index is -5.25. The molecular weight excluding hydrogens is 1750 g/mol. The standard InChI is InChI=1S/C106H56F24O/c1-62-49-67(51-82(50-62)99(107,108)109)21-17-63-25-35-72(36-26-63)90-61-89(71-33-27-64(28-34-71)18-22-68-52-83(100(110,111)112)58-84(53-68)101(113,114)115)91(73-11-5-2-6-12-73)92(90)75-41-45-80(46-42-75)98(106(128,129)130,79-15-9-4-10-16-79)81-47-43-76(44-48-81)94-93(74-13-7-3-8-14-74)95(77-37-29-65(30-38-77)19-23-69-54-85(102(116,117)118)59-86(55-69)103(119,120)121)97(131)96(94)78-39-31-66(32-40-78)20-24-70-56-87(104(122,123)124)60-88(57-70)105(125,126)127/h2-16,25-60H,61H2,1H3. The number of benzene rings is 13. The van der Waals surface area contributed by atoms with E-state index in [9.17, 15) is 92.2 Å². The summed E-state index contributed by atoms with van der Waals surface area (Å²) in [4.78, 5) is 15.9. The van der Waals surface area contributed by atoms with Gasteiger partial charge in [-0.2, -0.15) is 105 Å². The highest BCUT2D eigenvalue weighted by atomic mass is 19.4. The number of halogens is 24. The molecule has 1 atom stereocenters. The van der Waals surface area contributed by atoms with E-state index in [2.05, 4.69) is 47.4 Å². The third kappa shape index (κ3) is 19.6. The van der Waals surface area contributed by atoms with Gasteiger partial charge in [-0.05, 0) is 224 Å². The molecule has 0 saturated heterocycles. The van der Waals surface area contributed by atoms with Crippen LogP contribution in [0.1, 0.15) is 157 Å². The molecule has 131 heavy (non-hydrogen) atoms. The molecule has 13 aromatic rings. The van der Waals surface area contributed by atoms with Gasteiger partial charge in [0.25, 0.3) is 0 Å². The van der Waals surface area contributed by atoms with Crippen LogP contribution in [0, 0.1) is 54.3 Å². The van der Waals surface area contributed by atoms with Crippen LogP contribution in [0.4, 0.5) is 105 Å². The fourth-order valence-electron chi connectivity index (χ4n) is 15.8. The summed E-state index contributed by atoms with van der Waals surface area (Å²) in [7, 11) is 0. The Hall–Kier alpha value is -15.0. The van der Waals surface area contributed by atoms with Gasteiger partial charge in [0.2, 0.25) is 0 Å². The predicted octanol–water partition coefficient (Wildman–Crippen LogP) is 29.7. The SMILES string of the molecule is Cc1cc(C#Cc2ccc(C3=C(c4ccc(C(c5ccccc5)(c5ccc(C6=C(c7ccc(C#Cc8cc(C(F)(F)F)cc(C(F)(F)F)c8)cc7)C(=O)C(c7ccc(C#Cc8cc(C(F)(F)F)cc(C(F)(F)F)c8)cc7)=C6c6ccccc6)cc5)C(F)(F)F)cc4)C(c4ccccc4)=C(c4ccc(C#Cc5cc(C(F)(F)F)cc(C(F)(F)F)c5)cc4)C3)cc2)cc(C(F)(F)F)c1. The molecule has 654 valence electrons. The Balaban J connectivity index is 0.874. The van der Waals surface area contributed by atoms with E-state index in [1.54, 1.807) is 97.1 Å². The average Bonchev–Trinajstić information content (AvgIpc) is 1.19. The average molecular weight is 1800 g/mol. The molecule has 0 N–H and O–H groups in total. The molecule has 1 unspecified atom stereocenters. The van der Waals surface area contributed by atoms with Crippen LogP contribution in [-0.2, 0) is 53.4 Å². The van der Waals surface area contributed by atoms with E-state index in [4.69, 9.17) is 0 Å². The zero-order valence-electron chi connectivity index (χ0n) is 67.1. The lowest BCUT2D eigenvalue weighted by Crippen LogP contribution is -2.44. The number of aryl methyl sites for hydroxylation is 1. The minimum Gasteiger partial charge on any atom is -0.289 e. The first-order valence-corrected chi connectivity index (χ1v) is 39.3. The van der Waals surface area contributed by atoms with Gasteiger partial charge in [0.1, 0.15) is 5.41 Å². The van der Waals surface area contributed by atoms with E-state index >= 15 is 18.0 Å². The molecule has 0 aromatic heterocycles. The van der Waals surface area contributed by atoms with Crippen molar-refractivity contribution in [3.63, 3.8) is 0 Å². The lowest BCUT2D eigenvalue weighted by molar-refractivity contribution is -0.166. The fraction of sp³-hybridized carbons (Fsp3) is 0.104. The lowest BCUT2D eigenvalue weighted by Gasteiger charge is -2.38. The van der Waals surface area contributed by atoms with Crippen molar-refractivity contribution in [2.45, 2.75) is 68.2 Å². The van der Waals surface area contributed by atoms with Gasteiger partial charge in [-0.3, -0.25) is 4.79 Å². The summed E-state index contributed by atoms with van der Waals surface area (Å²) in [5, 5.41) is 0. The molecule has 25 heteroatoms. The minimum absolute atomic E-state index is 0.0153. The molecule has 13 aromatic carbocycles. The van der Waals surface area contributed by atoms with Crippen molar-refractivity contribution >= 4 is 50.4 Å². The molecular formula is C106H56F24O. The third-order valence-corrected chi connectivity index (χ3v) is 21.8.